The van der Waals surface area contributed by atoms with Gasteiger partial charge in [-0.25, -0.2) is 0 Å². The average molecular weight is 157 g/mol. The molecule has 0 amide bonds. The Balaban J connectivity index is 2.11. The van der Waals surface area contributed by atoms with Gasteiger partial charge in [-0.1, -0.05) is 26.7 Å². The molecule has 1 fully saturated rings. The lowest BCUT2D eigenvalue weighted by molar-refractivity contribution is 0.882. The second kappa shape index (κ2) is 4.27. The highest BCUT2D eigenvalue weighted by Crippen LogP contribution is 2.32. The molecule has 10 heavy (non-hydrogen) atoms. The lowest BCUT2D eigenvalue weighted by atomic mass is 10.4. The molecule has 1 atom stereocenters. The van der Waals surface area contributed by atoms with E-state index in [0.717, 1.165) is 16.9 Å². The zero-order valence-corrected chi connectivity index (χ0v) is 7.62. The van der Waals surface area contributed by atoms with Crippen LogP contribution in [0.2, 0.25) is 0 Å². The number of hydrogen-bond acceptors (Lipinski definition) is 1. The molecule has 0 aromatic carbocycles. The normalized spacial score (nSPS) is 23.4. The number of thioether (sulfide) groups is 1. The zero-order valence-electron chi connectivity index (χ0n) is 6.81. The molecule has 1 aliphatic carbocycles. The predicted octanol–water partition coefficient (Wildman–Crippen LogP) is 3.27. The fourth-order valence-electron chi connectivity index (χ4n) is 1.42. The topological polar surface area (TPSA) is 0 Å². The standard InChI is InChI=1S/C9H17S/c1-3-8(2)10-9-6-4-5-7-9/h8-9H,1,3-7H2,2H3. The van der Waals surface area contributed by atoms with Crippen LogP contribution in [0.25, 0.3) is 0 Å². The first kappa shape index (κ1) is 8.45. The summed E-state index contributed by atoms with van der Waals surface area (Å²) in [5.74, 6) is 0. The van der Waals surface area contributed by atoms with E-state index in [1.807, 2.05) is 0 Å². The fourth-order valence-corrected chi connectivity index (χ4v) is 2.82. The van der Waals surface area contributed by atoms with Crippen LogP contribution in [0.15, 0.2) is 0 Å². The third kappa shape index (κ3) is 2.53. The van der Waals surface area contributed by atoms with E-state index in [9.17, 15) is 0 Å². The van der Waals surface area contributed by atoms with Crippen LogP contribution < -0.4 is 0 Å². The fraction of sp³-hybridized carbons (Fsp3) is 0.889. The van der Waals surface area contributed by atoms with Crippen molar-refractivity contribution >= 4 is 11.8 Å². The SMILES string of the molecule is [CH2]CC(C)SC1CCCC1. The summed E-state index contributed by atoms with van der Waals surface area (Å²) in [4.78, 5) is 0. The number of hydrogen-bond donors (Lipinski definition) is 0. The molecule has 0 aliphatic heterocycles. The first-order valence-corrected chi connectivity index (χ1v) is 5.22. The summed E-state index contributed by atoms with van der Waals surface area (Å²) in [5.41, 5.74) is 0. The third-order valence-corrected chi connectivity index (χ3v) is 3.69. The minimum absolute atomic E-state index is 0.781. The van der Waals surface area contributed by atoms with Crippen LogP contribution in [0.4, 0.5) is 0 Å². The molecule has 1 aliphatic rings. The highest BCUT2D eigenvalue weighted by Gasteiger charge is 2.16. The minimum atomic E-state index is 0.781. The Morgan fingerprint density at radius 2 is 2.10 bits per heavy atom. The predicted molar refractivity (Wildman–Crippen MR) is 49.3 cm³/mol. The van der Waals surface area contributed by atoms with Gasteiger partial charge in [0.2, 0.25) is 0 Å². The monoisotopic (exact) mass is 157 g/mol. The molecule has 1 saturated carbocycles. The van der Waals surface area contributed by atoms with Gasteiger partial charge in [0.25, 0.3) is 0 Å². The average Bonchev–Trinajstić information content (AvgIpc) is 2.40. The first-order valence-electron chi connectivity index (χ1n) is 4.27. The Labute approximate surface area is 68.8 Å². The zero-order chi connectivity index (χ0) is 7.40. The third-order valence-electron chi connectivity index (χ3n) is 2.13. The lowest BCUT2D eigenvalue weighted by Gasteiger charge is -2.13. The van der Waals surface area contributed by atoms with Crippen molar-refractivity contribution in [2.45, 2.75) is 49.5 Å². The maximum atomic E-state index is 3.91. The smallest absolute Gasteiger partial charge is 0.00497 e. The summed E-state index contributed by atoms with van der Waals surface area (Å²) < 4.78 is 0. The summed E-state index contributed by atoms with van der Waals surface area (Å²) in [5, 5.41) is 1.75. The molecule has 0 aromatic heterocycles. The van der Waals surface area contributed by atoms with Gasteiger partial charge in [-0.2, -0.15) is 11.8 Å². The van der Waals surface area contributed by atoms with E-state index >= 15 is 0 Å². The summed E-state index contributed by atoms with van der Waals surface area (Å²) in [6.07, 6.45) is 6.91. The van der Waals surface area contributed by atoms with Gasteiger partial charge in [0.05, 0.1) is 0 Å². The van der Waals surface area contributed by atoms with Crippen LogP contribution in [0.3, 0.4) is 0 Å². The van der Waals surface area contributed by atoms with E-state index in [4.69, 9.17) is 0 Å². The molecule has 0 bridgehead atoms. The van der Waals surface area contributed by atoms with Crippen molar-refractivity contribution in [2.24, 2.45) is 0 Å². The largest absolute Gasteiger partial charge is 0.155 e. The molecule has 0 saturated heterocycles. The molecule has 0 aromatic rings. The van der Waals surface area contributed by atoms with Gasteiger partial charge in [-0.05, 0) is 19.3 Å². The van der Waals surface area contributed by atoms with Crippen molar-refractivity contribution in [1.29, 1.82) is 0 Å². The second-order valence-electron chi connectivity index (χ2n) is 3.14. The van der Waals surface area contributed by atoms with Gasteiger partial charge in [0, 0.05) is 10.5 Å². The quantitative estimate of drug-likeness (QED) is 0.606. The Kier molecular flexibility index (Phi) is 3.61. The molecule has 0 spiro atoms. The van der Waals surface area contributed by atoms with Gasteiger partial charge in [-0.15, -0.1) is 0 Å². The van der Waals surface area contributed by atoms with E-state index in [1.54, 1.807) is 0 Å². The van der Waals surface area contributed by atoms with Gasteiger partial charge < -0.3 is 0 Å². The van der Waals surface area contributed by atoms with E-state index in [0.29, 0.717) is 0 Å². The second-order valence-corrected chi connectivity index (χ2v) is 4.89. The molecule has 1 heteroatoms. The van der Waals surface area contributed by atoms with Gasteiger partial charge in [0.1, 0.15) is 0 Å². The van der Waals surface area contributed by atoms with E-state index in [-0.39, 0.29) is 0 Å². The van der Waals surface area contributed by atoms with Crippen molar-refractivity contribution < 1.29 is 0 Å². The minimum Gasteiger partial charge on any atom is -0.155 e. The van der Waals surface area contributed by atoms with Crippen molar-refractivity contribution in [2.75, 3.05) is 0 Å². The molecule has 59 valence electrons. The van der Waals surface area contributed by atoms with Crippen LogP contribution >= 0.6 is 11.8 Å². The molecule has 0 N–H and O–H groups in total. The summed E-state index contributed by atoms with van der Waals surface area (Å²) in [6, 6.07) is 0. The van der Waals surface area contributed by atoms with E-state index in [1.165, 1.54) is 25.7 Å². The molecule has 0 nitrogen and oxygen atoms in total. The Morgan fingerprint density at radius 1 is 1.50 bits per heavy atom. The van der Waals surface area contributed by atoms with Crippen molar-refractivity contribution in [1.82, 2.24) is 0 Å². The number of rotatable bonds is 3. The Morgan fingerprint density at radius 3 is 2.60 bits per heavy atom. The highest BCUT2D eigenvalue weighted by atomic mass is 32.2. The molecular formula is C9H17S. The van der Waals surface area contributed by atoms with E-state index < -0.39 is 0 Å². The van der Waals surface area contributed by atoms with Crippen molar-refractivity contribution in [3.05, 3.63) is 6.92 Å². The summed E-state index contributed by atoms with van der Waals surface area (Å²) in [7, 11) is 0. The van der Waals surface area contributed by atoms with Gasteiger partial charge >= 0.3 is 0 Å². The highest BCUT2D eigenvalue weighted by molar-refractivity contribution is 8.00. The van der Waals surface area contributed by atoms with Crippen molar-refractivity contribution in [3.8, 4) is 0 Å². The maximum Gasteiger partial charge on any atom is 0.00497 e. The Hall–Kier alpha value is 0.350. The lowest BCUT2D eigenvalue weighted by Crippen LogP contribution is -2.02. The van der Waals surface area contributed by atoms with Crippen LogP contribution in [-0.4, -0.2) is 10.5 Å². The molecule has 1 radical (unpaired) electrons. The maximum absolute atomic E-state index is 3.91. The van der Waals surface area contributed by atoms with E-state index in [2.05, 4.69) is 25.6 Å². The summed E-state index contributed by atoms with van der Waals surface area (Å²) in [6.45, 7) is 6.19. The van der Waals surface area contributed by atoms with Crippen LogP contribution in [0, 0.1) is 6.92 Å². The molecule has 1 rings (SSSR count). The van der Waals surface area contributed by atoms with Gasteiger partial charge in [-0.3, -0.25) is 0 Å². The first-order chi connectivity index (χ1) is 4.83. The van der Waals surface area contributed by atoms with Crippen LogP contribution in [-0.2, 0) is 0 Å². The van der Waals surface area contributed by atoms with Crippen LogP contribution in [0.5, 0.6) is 0 Å². The summed E-state index contributed by atoms with van der Waals surface area (Å²) >= 11 is 2.14. The molecular weight excluding hydrogens is 140 g/mol. The molecule has 0 heterocycles. The molecule has 1 unspecified atom stereocenters. The van der Waals surface area contributed by atoms with Gasteiger partial charge in [0.15, 0.2) is 0 Å². The van der Waals surface area contributed by atoms with Crippen LogP contribution in [0.1, 0.15) is 39.0 Å². The van der Waals surface area contributed by atoms with Crippen molar-refractivity contribution in [3.63, 3.8) is 0 Å². The Bertz CT molecular complexity index is 84.7.